The van der Waals surface area contributed by atoms with Gasteiger partial charge < -0.3 is 16.0 Å². The summed E-state index contributed by atoms with van der Waals surface area (Å²) in [5, 5.41) is 3.12. The largest absolute Gasteiger partial charge is 0.396 e. The van der Waals surface area contributed by atoms with Gasteiger partial charge in [0.2, 0.25) is 5.91 Å². The number of rotatable bonds is 4. The minimum absolute atomic E-state index is 0.214. The second-order valence-corrected chi connectivity index (χ2v) is 4.66. The number of nitrogens with one attached hydrogen (secondary N) is 1. The van der Waals surface area contributed by atoms with E-state index in [2.05, 4.69) is 10.3 Å². The van der Waals surface area contributed by atoms with E-state index in [9.17, 15) is 4.79 Å². The van der Waals surface area contributed by atoms with Gasteiger partial charge in [0.05, 0.1) is 5.69 Å². The van der Waals surface area contributed by atoms with Crippen molar-refractivity contribution in [2.75, 3.05) is 30.7 Å². The number of amides is 1. The van der Waals surface area contributed by atoms with Crippen LogP contribution in [0.5, 0.6) is 0 Å². The number of hydrogen-bond donors (Lipinski definition) is 2. The first-order valence-electron chi connectivity index (χ1n) is 6.41. The summed E-state index contributed by atoms with van der Waals surface area (Å²) in [5.74, 6) is 0.885. The van der Waals surface area contributed by atoms with Crippen LogP contribution in [0.1, 0.15) is 25.0 Å². The highest BCUT2D eigenvalue weighted by Gasteiger charge is 2.17. The second kappa shape index (κ2) is 5.71. The number of nitrogens with zero attached hydrogens (tertiary/aromatic N) is 2. The fraction of sp³-hybridized carbons (Fsp3) is 0.538. The predicted octanol–water partition coefficient (Wildman–Crippen LogP) is 1.40. The van der Waals surface area contributed by atoms with Gasteiger partial charge in [-0.3, -0.25) is 4.79 Å². The van der Waals surface area contributed by atoms with Crippen molar-refractivity contribution in [2.45, 2.75) is 26.2 Å². The van der Waals surface area contributed by atoms with Crippen molar-refractivity contribution in [1.29, 1.82) is 0 Å². The van der Waals surface area contributed by atoms with Crippen molar-refractivity contribution in [2.24, 2.45) is 0 Å². The minimum Gasteiger partial charge on any atom is -0.396 e. The van der Waals surface area contributed by atoms with E-state index in [-0.39, 0.29) is 5.91 Å². The third-order valence-electron chi connectivity index (χ3n) is 3.16. The van der Waals surface area contributed by atoms with Crippen LogP contribution >= 0.6 is 0 Å². The van der Waals surface area contributed by atoms with Gasteiger partial charge in [-0.15, -0.1) is 0 Å². The number of hydrogen-bond acceptors (Lipinski definition) is 4. The number of aryl methyl sites for hydroxylation is 1. The summed E-state index contributed by atoms with van der Waals surface area (Å²) in [6, 6.07) is 3.70. The van der Waals surface area contributed by atoms with E-state index in [4.69, 9.17) is 5.73 Å². The maximum atomic E-state index is 11.8. The van der Waals surface area contributed by atoms with Crippen LogP contribution in [0.25, 0.3) is 0 Å². The standard InChI is InChI=1S/C13H20N4O/c1-10-4-5-11(14)13(16-10)15-7-6-12(18)17-8-2-3-9-17/h4-5H,2-3,6-9,14H2,1H3,(H,15,16). The van der Waals surface area contributed by atoms with Crippen LogP contribution in [-0.4, -0.2) is 35.4 Å². The molecule has 0 unspecified atom stereocenters. The molecule has 2 rings (SSSR count). The summed E-state index contributed by atoms with van der Waals surface area (Å²) in [6.07, 6.45) is 2.76. The van der Waals surface area contributed by atoms with Gasteiger partial charge in [-0.2, -0.15) is 0 Å². The molecule has 1 aromatic heterocycles. The molecule has 1 aliphatic heterocycles. The molecule has 1 amide bonds. The van der Waals surface area contributed by atoms with Gasteiger partial charge in [0.25, 0.3) is 0 Å². The van der Waals surface area contributed by atoms with Crippen molar-refractivity contribution < 1.29 is 4.79 Å². The van der Waals surface area contributed by atoms with Crippen molar-refractivity contribution >= 4 is 17.4 Å². The molecule has 18 heavy (non-hydrogen) atoms. The van der Waals surface area contributed by atoms with E-state index in [0.29, 0.717) is 24.5 Å². The third-order valence-corrected chi connectivity index (χ3v) is 3.16. The average Bonchev–Trinajstić information content (AvgIpc) is 2.87. The molecule has 3 N–H and O–H groups in total. The lowest BCUT2D eigenvalue weighted by molar-refractivity contribution is -0.129. The normalized spacial score (nSPS) is 14.8. The highest BCUT2D eigenvalue weighted by Crippen LogP contribution is 2.15. The SMILES string of the molecule is Cc1ccc(N)c(NCCC(=O)N2CCCC2)n1. The first kappa shape index (κ1) is 12.7. The van der Waals surface area contributed by atoms with Crippen molar-refractivity contribution in [3.63, 3.8) is 0 Å². The lowest BCUT2D eigenvalue weighted by Gasteiger charge is -2.15. The molecule has 0 bridgehead atoms. The third kappa shape index (κ3) is 3.12. The number of nitrogens with two attached hydrogens (primary N) is 1. The molecule has 1 saturated heterocycles. The van der Waals surface area contributed by atoms with Gasteiger partial charge in [0.1, 0.15) is 5.82 Å². The van der Waals surface area contributed by atoms with Crippen LogP contribution in [0.15, 0.2) is 12.1 Å². The van der Waals surface area contributed by atoms with Gasteiger partial charge in [-0.05, 0) is 31.9 Å². The summed E-state index contributed by atoms with van der Waals surface area (Å²) >= 11 is 0. The van der Waals surface area contributed by atoms with E-state index in [1.807, 2.05) is 24.0 Å². The van der Waals surface area contributed by atoms with Crippen molar-refractivity contribution in [3.05, 3.63) is 17.8 Å². The fourth-order valence-electron chi connectivity index (χ4n) is 2.12. The van der Waals surface area contributed by atoms with Gasteiger partial charge in [-0.25, -0.2) is 4.98 Å². The molecule has 2 heterocycles. The van der Waals surface area contributed by atoms with Crippen molar-refractivity contribution in [1.82, 2.24) is 9.88 Å². The Bertz CT molecular complexity index is 427. The average molecular weight is 248 g/mol. The van der Waals surface area contributed by atoms with E-state index in [1.54, 1.807) is 0 Å². The Morgan fingerprint density at radius 3 is 2.89 bits per heavy atom. The number of likely N-dealkylation sites (tertiary alicyclic amines) is 1. The number of carbonyl (C=O) groups is 1. The van der Waals surface area contributed by atoms with E-state index in [0.717, 1.165) is 31.6 Å². The fourth-order valence-corrected chi connectivity index (χ4v) is 2.12. The van der Waals surface area contributed by atoms with Gasteiger partial charge >= 0.3 is 0 Å². The van der Waals surface area contributed by atoms with E-state index >= 15 is 0 Å². The zero-order valence-corrected chi connectivity index (χ0v) is 10.8. The summed E-state index contributed by atoms with van der Waals surface area (Å²) < 4.78 is 0. The van der Waals surface area contributed by atoms with Crippen molar-refractivity contribution in [3.8, 4) is 0 Å². The molecule has 0 radical (unpaired) electrons. The highest BCUT2D eigenvalue weighted by atomic mass is 16.2. The molecule has 0 atom stereocenters. The minimum atomic E-state index is 0.214. The number of anilines is 2. The molecule has 1 aromatic rings. The maximum Gasteiger partial charge on any atom is 0.224 e. The van der Waals surface area contributed by atoms with E-state index in [1.165, 1.54) is 0 Å². The first-order chi connectivity index (χ1) is 8.66. The molecule has 0 aliphatic carbocycles. The predicted molar refractivity (Wildman–Crippen MR) is 72.3 cm³/mol. The van der Waals surface area contributed by atoms with Crippen LogP contribution in [0.3, 0.4) is 0 Å². The Balaban J connectivity index is 1.81. The smallest absolute Gasteiger partial charge is 0.224 e. The van der Waals surface area contributed by atoms with Crippen LogP contribution in [-0.2, 0) is 4.79 Å². The zero-order chi connectivity index (χ0) is 13.0. The molecule has 98 valence electrons. The molecule has 5 heteroatoms. The molecular formula is C13H20N4O. The zero-order valence-electron chi connectivity index (χ0n) is 10.8. The quantitative estimate of drug-likeness (QED) is 0.845. The first-order valence-corrected chi connectivity index (χ1v) is 6.41. The van der Waals surface area contributed by atoms with Crippen LogP contribution in [0.2, 0.25) is 0 Å². The Morgan fingerprint density at radius 2 is 2.17 bits per heavy atom. The second-order valence-electron chi connectivity index (χ2n) is 4.66. The Labute approximate surface area is 107 Å². The summed E-state index contributed by atoms with van der Waals surface area (Å²) in [6.45, 7) is 4.31. The van der Waals surface area contributed by atoms with Crippen LogP contribution in [0.4, 0.5) is 11.5 Å². The Morgan fingerprint density at radius 1 is 1.44 bits per heavy atom. The number of aromatic nitrogens is 1. The van der Waals surface area contributed by atoms with E-state index < -0.39 is 0 Å². The lowest BCUT2D eigenvalue weighted by Crippen LogP contribution is -2.29. The van der Waals surface area contributed by atoms with Crippen LogP contribution in [0, 0.1) is 6.92 Å². The number of pyridine rings is 1. The monoisotopic (exact) mass is 248 g/mol. The van der Waals surface area contributed by atoms with Gasteiger partial charge in [0, 0.05) is 31.7 Å². The highest BCUT2D eigenvalue weighted by molar-refractivity contribution is 5.77. The molecule has 0 aromatic carbocycles. The maximum absolute atomic E-state index is 11.8. The number of carbonyl (C=O) groups excluding carboxylic acids is 1. The molecular weight excluding hydrogens is 228 g/mol. The lowest BCUT2D eigenvalue weighted by atomic mass is 10.3. The molecule has 0 spiro atoms. The summed E-state index contributed by atoms with van der Waals surface area (Å²) in [4.78, 5) is 18.1. The molecule has 1 fully saturated rings. The molecule has 5 nitrogen and oxygen atoms in total. The van der Waals surface area contributed by atoms with Gasteiger partial charge in [-0.1, -0.05) is 0 Å². The number of nitrogen functional groups attached to an aromatic ring is 1. The topological polar surface area (TPSA) is 71.2 Å². The Kier molecular flexibility index (Phi) is 4.02. The Hall–Kier alpha value is -1.78. The molecule has 1 aliphatic rings. The summed E-state index contributed by atoms with van der Waals surface area (Å²) in [7, 11) is 0. The summed E-state index contributed by atoms with van der Waals surface area (Å²) in [5.41, 5.74) is 7.34. The van der Waals surface area contributed by atoms with Crippen LogP contribution < -0.4 is 11.1 Å². The molecule has 0 saturated carbocycles. The van der Waals surface area contributed by atoms with Gasteiger partial charge in [0.15, 0.2) is 0 Å².